The quantitative estimate of drug-likeness (QED) is 0.784. The fourth-order valence-corrected chi connectivity index (χ4v) is 1.15. The van der Waals surface area contributed by atoms with E-state index in [1.165, 1.54) is 0 Å². The molecule has 2 unspecified atom stereocenters. The maximum absolute atomic E-state index is 11.5. The Bertz CT molecular complexity index is 331. The largest absolute Gasteiger partial charge is 0.465 e. The van der Waals surface area contributed by atoms with Gasteiger partial charge in [-0.3, -0.25) is 4.79 Å². The Kier molecular flexibility index (Phi) is 3.91. The van der Waals surface area contributed by atoms with Crippen molar-refractivity contribution in [3.05, 3.63) is 23.7 Å². The van der Waals surface area contributed by atoms with Gasteiger partial charge in [0, 0.05) is 12.0 Å². The molecule has 1 amide bonds. The lowest BCUT2D eigenvalue weighted by atomic mass is 10.0. The van der Waals surface area contributed by atoms with Crippen LogP contribution >= 0.6 is 0 Å². The van der Waals surface area contributed by atoms with Gasteiger partial charge in [0.1, 0.15) is 11.5 Å². The number of hydrogen-bond acceptors (Lipinski definition) is 3. The van der Waals surface area contributed by atoms with Crippen LogP contribution in [0.2, 0.25) is 0 Å². The van der Waals surface area contributed by atoms with Crippen molar-refractivity contribution < 1.29 is 9.21 Å². The predicted molar refractivity (Wildman–Crippen MR) is 58.1 cm³/mol. The van der Waals surface area contributed by atoms with Gasteiger partial charge in [0.15, 0.2) is 0 Å². The summed E-state index contributed by atoms with van der Waals surface area (Å²) in [5.74, 6) is 1.39. The second kappa shape index (κ2) is 4.98. The fourth-order valence-electron chi connectivity index (χ4n) is 1.15. The van der Waals surface area contributed by atoms with E-state index >= 15 is 0 Å². The van der Waals surface area contributed by atoms with Gasteiger partial charge in [-0.1, -0.05) is 6.92 Å². The van der Waals surface area contributed by atoms with Crippen LogP contribution in [0.1, 0.15) is 25.4 Å². The minimum Gasteiger partial charge on any atom is -0.465 e. The van der Waals surface area contributed by atoms with Crippen molar-refractivity contribution in [1.82, 2.24) is 5.32 Å². The van der Waals surface area contributed by atoms with Gasteiger partial charge in [-0.15, -0.1) is 0 Å². The first-order valence-corrected chi connectivity index (χ1v) is 5.09. The molecule has 84 valence electrons. The Hall–Kier alpha value is -1.29. The fraction of sp³-hybridized carbons (Fsp3) is 0.545. The van der Waals surface area contributed by atoms with Gasteiger partial charge in [0.05, 0.1) is 6.54 Å². The second-order valence-electron chi connectivity index (χ2n) is 3.88. The number of carbonyl (C=O) groups is 1. The zero-order chi connectivity index (χ0) is 11.4. The maximum Gasteiger partial charge on any atom is 0.224 e. The van der Waals surface area contributed by atoms with Crippen LogP contribution in [0.3, 0.4) is 0 Å². The molecule has 0 radical (unpaired) electrons. The van der Waals surface area contributed by atoms with Crippen LogP contribution in [0.25, 0.3) is 0 Å². The summed E-state index contributed by atoms with van der Waals surface area (Å²) < 4.78 is 5.33. The normalized spacial score (nSPS) is 14.7. The van der Waals surface area contributed by atoms with Gasteiger partial charge >= 0.3 is 0 Å². The maximum atomic E-state index is 11.5. The molecule has 1 heterocycles. The van der Waals surface area contributed by atoms with Crippen molar-refractivity contribution in [3.8, 4) is 0 Å². The van der Waals surface area contributed by atoms with E-state index < -0.39 is 0 Å². The lowest BCUT2D eigenvalue weighted by Crippen LogP contribution is -2.38. The second-order valence-corrected chi connectivity index (χ2v) is 3.88. The number of carbonyl (C=O) groups excluding carboxylic acids is 1. The molecule has 4 nitrogen and oxygen atoms in total. The van der Waals surface area contributed by atoms with Crippen molar-refractivity contribution in [2.24, 2.45) is 11.7 Å². The minimum atomic E-state index is -0.180. The van der Waals surface area contributed by atoms with Gasteiger partial charge < -0.3 is 15.5 Å². The third kappa shape index (κ3) is 3.40. The molecule has 0 saturated heterocycles. The highest BCUT2D eigenvalue weighted by Gasteiger charge is 2.16. The van der Waals surface area contributed by atoms with E-state index in [0.717, 1.165) is 11.5 Å². The van der Waals surface area contributed by atoms with Crippen LogP contribution in [0.5, 0.6) is 0 Å². The number of rotatable bonds is 4. The summed E-state index contributed by atoms with van der Waals surface area (Å²) in [4.78, 5) is 11.5. The van der Waals surface area contributed by atoms with Crippen LogP contribution in [0.4, 0.5) is 0 Å². The molecule has 1 rings (SSSR count). The van der Waals surface area contributed by atoms with E-state index in [9.17, 15) is 4.79 Å². The number of furan rings is 1. The summed E-state index contributed by atoms with van der Waals surface area (Å²) in [5, 5.41) is 2.78. The summed E-state index contributed by atoms with van der Waals surface area (Å²) in [5.41, 5.74) is 5.63. The van der Waals surface area contributed by atoms with E-state index in [-0.39, 0.29) is 17.9 Å². The van der Waals surface area contributed by atoms with Crippen molar-refractivity contribution in [1.29, 1.82) is 0 Å². The highest BCUT2D eigenvalue weighted by atomic mass is 16.3. The Labute approximate surface area is 89.8 Å². The first kappa shape index (κ1) is 11.8. The average Bonchev–Trinajstić information content (AvgIpc) is 2.59. The van der Waals surface area contributed by atoms with Crippen molar-refractivity contribution in [2.75, 3.05) is 0 Å². The van der Waals surface area contributed by atoms with Gasteiger partial charge in [0.2, 0.25) is 5.91 Å². The topological polar surface area (TPSA) is 68.3 Å². The molecule has 0 fully saturated rings. The molecular weight excluding hydrogens is 192 g/mol. The molecule has 15 heavy (non-hydrogen) atoms. The molecular formula is C11H18N2O2. The van der Waals surface area contributed by atoms with Gasteiger partial charge in [-0.05, 0) is 26.0 Å². The number of hydrogen-bond donors (Lipinski definition) is 2. The van der Waals surface area contributed by atoms with Gasteiger partial charge in [0.25, 0.3) is 0 Å². The highest BCUT2D eigenvalue weighted by Crippen LogP contribution is 2.06. The van der Waals surface area contributed by atoms with Gasteiger partial charge in [-0.2, -0.15) is 0 Å². The molecule has 0 saturated carbocycles. The Morgan fingerprint density at radius 1 is 1.53 bits per heavy atom. The van der Waals surface area contributed by atoms with Crippen LogP contribution < -0.4 is 11.1 Å². The Morgan fingerprint density at radius 3 is 2.67 bits per heavy atom. The lowest BCUT2D eigenvalue weighted by Gasteiger charge is -2.14. The van der Waals surface area contributed by atoms with Crippen molar-refractivity contribution >= 4 is 5.91 Å². The first-order valence-electron chi connectivity index (χ1n) is 5.09. The Morgan fingerprint density at radius 2 is 2.20 bits per heavy atom. The Balaban J connectivity index is 2.40. The molecule has 0 aliphatic carbocycles. The smallest absolute Gasteiger partial charge is 0.224 e. The molecule has 0 aliphatic rings. The number of aryl methyl sites for hydroxylation is 1. The molecule has 0 spiro atoms. The zero-order valence-electron chi connectivity index (χ0n) is 9.41. The zero-order valence-corrected chi connectivity index (χ0v) is 9.41. The number of nitrogens with one attached hydrogen (secondary N) is 1. The molecule has 2 atom stereocenters. The van der Waals surface area contributed by atoms with Crippen molar-refractivity contribution in [2.45, 2.75) is 33.4 Å². The summed E-state index contributed by atoms with van der Waals surface area (Å²) >= 11 is 0. The van der Waals surface area contributed by atoms with E-state index in [0.29, 0.717) is 6.54 Å². The third-order valence-electron chi connectivity index (χ3n) is 2.44. The summed E-state index contributed by atoms with van der Waals surface area (Å²) in [6.07, 6.45) is 0. The lowest BCUT2D eigenvalue weighted by molar-refractivity contribution is -0.125. The van der Waals surface area contributed by atoms with E-state index in [2.05, 4.69) is 5.32 Å². The molecule has 1 aromatic heterocycles. The molecule has 1 aromatic rings. The van der Waals surface area contributed by atoms with E-state index in [1.807, 2.05) is 32.9 Å². The first-order chi connectivity index (χ1) is 7.00. The summed E-state index contributed by atoms with van der Waals surface area (Å²) in [6, 6.07) is 3.59. The van der Waals surface area contributed by atoms with E-state index in [1.54, 1.807) is 0 Å². The van der Waals surface area contributed by atoms with Crippen LogP contribution in [0, 0.1) is 12.8 Å². The average molecular weight is 210 g/mol. The molecule has 3 N–H and O–H groups in total. The highest BCUT2D eigenvalue weighted by molar-refractivity contribution is 5.78. The SMILES string of the molecule is Cc1ccc(CNC(=O)C(C)C(C)N)o1. The monoisotopic (exact) mass is 210 g/mol. The predicted octanol–water partition coefficient (Wildman–Crippen LogP) is 1.19. The molecule has 4 heteroatoms. The van der Waals surface area contributed by atoms with Crippen LogP contribution in [0.15, 0.2) is 16.5 Å². The van der Waals surface area contributed by atoms with Gasteiger partial charge in [-0.25, -0.2) is 0 Å². The number of amides is 1. The number of nitrogens with two attached hydrogens (primary N) is 1. The molecule has 0 aromatic carbocycles. The van der Waals surface area contributed by atoms with E-state index in [4.69, 9.17) is 10.2 Å². The minimum absolute atomic E-state index is 0.0425. The molecule has 0 aliphatic heterocycles. The van der Waals surface area contributed by atoms with Crippen molar-refractivity contribution in [3.63, 3.8) is 0 Å². The van der Waals surface area contributed by atoms with Crippen LogP contribution in [-0.2, 0) is 11.3 Å². The van der Waals surface area contributed by atoms with Crippen LogP contribution in [-0.4, -0.2) is 11.9 Å². The summed E-state index contributed by atoms with van der Waals surface area (Å²) in [7, 11) is 0. The standard InChI is InChI=1S/C11H18N2O2/c1-7-4-5-10(15-7)6-13-11(14)8(2)9(3)12/h4-5,8-9H,6,12H2,1-3H3,(H,13,14). The third-order valence-corrected chi connectivity index (χ3v) is 2.44. The molecule has 0 bridgehead atoms. The summed E-state index contributed by atoms with van der Waals surface area (Å²) in [6.45, 7) is 5.92.